The highest BCUT2D eigenvalue weighted by Gasteiger charge is 2.25. The number of hydrogen-bond donors (Lipinski definition) is 2. The molecule has 0 radical (unpaired) electrons. The highest BCUT2D eigenvalue weighted by Crippen LogP contribution is 2.21. The molecule has 1 aliphatic rings. The number of hydrazine groups is 1. The molecule has 0 atom stereocenters. The number of amides is 2. The third-order valence-electron chi connectivity index (χ3n) is 3.12. The molecule has 0 saturated carbocycles. The van der Waals surface area contributed by atoms with Gasteiger partial charge in [0.2, 0.25) is 5.84 Å². The molecule has 1 aromatic carbocycles. The number of benzene rings is 1. The molecule has 1 aromatic heterocycles. The number of para-hydroxylation sites is 1. The van der Waals surface area contributed by atoms with E-state index in [1.54, 1.807) is 18.2 Å². The molecule has 0 aliphatic carbocycles. The highest BCUT2D eigenvalue weighted by molar-refractivity contribution is 7.16. The quantitative estimate of drug-likeness (QED) is 0.887. The van der Waals surface area contributed by atoms with Gasteiger partial charge in [0.05, 0.1) is 16.6 Å². The number of carbonyl (C=O) groups excluding carboxylic acids is 2. The zero-order valence-electron chi connectivity index (χ0n) is 12.0. The molecule has 8 heteroatoms. The molecule has 1 aliphatic heterocycles. The molecule has 0 spiro atoms. The lowest BCUT2D eigenvalue weighted by molar-refractivity contribution is -0.118. The summed E-state index contributed by atoms with van der Waals surface area (Å²) in [4.78, 5) is 29.1. The van der Waals surface area contributed by atoms with Gasteiger partial charge in [-0.15, -0.1) is 11.3 Å². The molecule has 2 N–H and O–H groups in total. The van der Waals surface area contributed by atoms with Crippen LogP contribution in [0, 0.1) is 0 Å². The average Bonchev–Trinajstić information content (AvgIpc) is 2.99. The number of amidine groups is 1. The number of thiophene rings is 1. The SMILES string of the molecule is O=C(NCc1ccc(Cl)s1)C1=NCC(=O)N(c2ccccc2)N1. The Morgan fingerprint density at radius 2 is 2.09 bits per heavy atom. The molecule has 2 heterocycles. The van der Waals surface area contributed by atoms with Gasteiger partial charge in [-0.2, -0.15) is 0 Å². The van der Waals surface area contributed by atoms with E-state index < -0.39 is 0 Å². The smallest absolute Gasteiger partial charge is 0.288 e. The highest BCUT2D eigenvalue weighted by atomic mass is 35.5. The number of halogens is 1. The average molecular weight is 349 g/mol. The maximum Gasteiger partial charge on any atom is 0.288 e. The molecule has 118 valence electrons. The summed E-state index contributed by atoms with van der Waals surface area (Å²) in [7, 11) is 0. The number of nitrogens with one attached hydrogen (secondary N) is 2. The lowest BCUT2D eigenvalue weighted by atomic mass is 10.3. The van der Waals surface area contributed by atoms with Crippen molar-refractivity contribution in [2.45, 2.75) is 6.54 Å². The van der Waals surface area contributed by atoms with Gasteiger partial charge in [0.25, 0.3) is 11.8 Å². The Kier molecular flexibility index (Phi) is 4.59. The minimum absolute atomic E-state index is 0.0739. The Morgan fingerprint density at radius 1 is 1.30 bits per heavy atom. The van der Waals surface area contributed by atoms with Gasteiger partial charge in [0, 0.05) is 4.88 Å². The molecule has 0 unspecified atom stereocenters. The Morgan fingerprint density at radius 3 is 2.78 bits per heavy atom. The monoisotopic (exact) mass is 348 g/mol. The van der Waals surface area contributed by atoms with Crippen LogP contribution in [0.4, 0.5) is 5.69 Å². The van der Waals surface area contributed by atoms with Crippen LogP contribution in [-0.2, 0) is 16.1 Å². The molecule has 0 saturated heterocycles. The first-order valence-corrected chi connectivity index (χ1v) is 8.04. The second-order valence-electron chi connectivity index (χ2n) is 4.73. The first kappa shape index (κ1) is 15.5. The fourth-order valence-corrected chi connectivity index (χ4v) is 3.05. The predicted molar refractivity (Wildman–Crippen MR) is 90.5 cm³/mol. The van der Waals surface area contributed by atoms with Crippen molar-refractivity contribution in [3.05, 3.63) is 51.7 Å². The number of aliphatic imine (C=N–C) groups is 1. The molecule has 0 bridgehead atoms. The number of nitrogens with zero attached hydrogens (tertiary/aromatic N) is 2. The van der Waals surface area contributed by atoms with E-state index in [4.69, 9.17) is 11.6 Å². The van der Waals surface area contributed by atoms with Crippen LogP contribution in [0.2, 0.25) is 4.34 Å². The van der Waals surface area contributed by atoms with E-state index in [1.807, 2.05) is 24.3 Å². The van der Waals surface area contributed by atoms with Gasteiger partial charge in [-0.05, 0) is 24.3 Å². The summed E-state index contributed by atoms with van der Waals surface area (Å²) in [6.45, 7) is 0.283. The molecule has 23 heavy (non-hydrogen) atoms. The minimum atomic E-state index is -0.372. The predicted octanol–water partition coefficient (Wildman–Crippen LogP) is 1.97. The zero-order chi connectivity index (χ0) is 16.2. The Hall–Kier alpha value is -2.38. The van der Waals surface area contributed by atoms with Crippen LogP contribution in [0.3, 0.4) is 0 Å². The van der Waals surface area contributed by atoms with E-state index in [9.17, 15) is 9.59 Å². The normalized spacial score (nSPS) is 14.2. The summed E-state index contributed by atoms with van der Waals surface area (Å²) in [5.74, 6) is -0.489. The number of rotatable bonds is 4. The molecule has 3 rings (SSSR count). The molecule has 2 amide bonds. The maximum atomic E-state index is 12.2. The maximum absolute atomic E-state index is 12.2. The van der Waals surface area contributed by atoms with E-state index in [-0.39, 0.29) is 24.2 Å². The standard InChI is InChI=1S/C15H13ClN4O2S/c16-12-7-6-11(23-12)8-18-15(22)14-17-9-13(21)20(19-14)10-4-2-1-3-5-10/h1-7H,8-9H2,(H,17,19)(H,18,22). The summed E-state index contributed by atoms with van der Waals surface area (Å²) in [6.07, 6.45) is 0. The van der Waals surface area contributed by atoms with Gasteiger partial charge in [0.1, 0.15) is 6.54 Å². The van der Waals surface area contributed by atoms with Crippen LogP contribution in [-0.4, -0.2) is 24.2 Å². The van der Waals surface area contributed by atoms with Crippen molar-refractivity contribution in [2.24, 2.45) is 4.99 Å². The second kappa shape index (κ2) is 6.80. The minimum Gasteiger partial charge on any atom is -0.344 e. The Labute approximate surface area is 141 Å². The fraction of sp³-hybridized carbons (Fsp3) is 0.133. The fourth-order valence-electron chi connectivity index (χ4n) is 2.03. The molecular formula is C15H13ClN4O2S. The van der Waals surface area contributed by atoms with Gasteiger partial charge in [-0.25, -0.2) is 5.01 Å². The molecular weight excluding hydrogens is 336 g/mol. The first-order chi connectivity index (χ1) is 11.1. The zero-order valence-corrected chi connectivity index (χ0v) is 13.5. The van der Waals surface area contributed by atoms with Crippen molar-refractivity contribution in [1.29, 1.82) is 0 Å². The molecule has 0 fully saturated rings. The Balaban J connectivity index is 1.65. The molecule has 2 aromatic rings. The van der Waals surface area contributed by atoms with Gasteiger partial charge in [0.15, 0.2) is 0 Å². The molecule has 6 nitrogen and oxygen atoms in total. The van der Waals surface area contributed by atoms with E-state index >= 15 is 0 Å². The van der Waals surface area contributed by atoms with Crippen LogP contribution in [0.1, 0.15) is 4.88 Å². The van der Waals surface area contributed by atoms with E-state index in [0.29, 0.717) is 16.6 Å². The Bertz CT molecular complexity index is 760. The van der Waals surface area contributed by atoms with Crippen molar-refractivity contribution >= 4 is 46.3 Å². The largest absolute Gasteiger partial charge is 0.344 e. The third kappa shape index (κ3) is 3.69. The van der Waals surface area contributed by atoms with Crippen LogP contribution in [0.15, 0.2) is 47.5 Å². The van der Waals surface area contributed by atoms with Gasteiger partial charge in [-0.1, -0.05) is 29.8 Å². The van der Waals surface area contributed by atoms with Gasteiger partial charge >= 0.3 is 0 Å². The topological polar surface area (TPSA) is 73.8 Å². The van der Waals surface area contributed by atoms with Gasteiger partial charge in [-0.3, -0.25) is 20.0 Å². The third-order valence-corrected chi connectivity index (χ3v) is 4.35. The summed E-state index contributed by atoms with van der Waals surface area (Å²) < 4.78 is 0.670. The number of anilines is 1. The van der Waals surface area contributed by atoms with Crippen molar-refractivity contribution in [1.82, 2.24) is 10.7 Å². The van der Waals surface area contributed by atoms with E-state index in [1.165, 1.54) is 16.3 Å². The number of carbonyl (C=O) groups is 2. The lowest BCUT2D eigenvalue weighted by Crippen LogP contribution is -2.55. The second-order valence-corrected chi connectivity index (χ2v) is 6.53. The van der Waals surface area contributed by atoms with Crippen LogP contribution in [0.5, 0.6) is 0 Å². The van der Waals surface area contributed by atoms with Crippen LogP contribution < -0.4 is 15.8 Å². The van der Waals surface area contributed by atoms with Crippen LogP contribution in [0.25, 0.3) is 0 Å². The summed E-state index contributed by atoms with van der Waals surface area (Å²) in [5.41, 5.74) is 3.42. The van der Waals surface area contributed by atoms with Crippen molar-refractivity contribution in [2.75, 3.05) is 11.6 Å². The first-order valence-electron chi connectivity index (χ1n) is 6.85. The van der Waals surface area contributed by atoms with E-state index in [2.05, 4.69) is 15.7 Å². The van der Waals surface area contributed by atoms with Crippen LogP contribution >= 0.6 is 22.9 Å². The van der Waals surface area contributed by atoms with Gasteiger partial charge < -0.3 is 5.32 Å². The van der Waals surface area contributed by atoms with E-state index in [0.717, 1.165) is 4.88 Å². The summed E-state index contributed by atoms with van der Waals surface area (Å²) in [6, 6.07) is 12.7. The summed E-state index contributed by atoms with van der Waals surface area (Å²) in [5, 5.41) is 4.07. The number of hydrogen-bond acceptors (Lipinski definition) is 5. The van der Waals surface area contributed by atoms with Crippen molar-refractivity contribution in [3.8, 4) is 0 Å². The lowest BCUT2D eigenvalue weighted by Gasteiger charge is -2.27. The van der Waals surface area contributed by atoms with Crippen molar-refractivity contribution < 1.29 is 9.59 Å². The van der Waals surface area contributed by atoms with Crippen molar-refractivity contribution in [3.63, 3.8) is 0 Å². The summed E-state index contributed by atoms with van der Waals surface area (Å²) >= 11 is 7.25.